The van der Waals surface area contributed by atoms with E-state index < -0.39 is 0 Å². The summed E-state index contributed by atoms with van der Waals surface area (Å²) in [6, 6.07) is 4.91. The fraction of sp³-hybridized carbons (Fsp3) is 0. The average molecular weight is 350 g/mol. The third kappa shape index (κ3) is 3.02. The first-order valence-corrected chi connectivity index (χ1v) is 6.27. The number of benzene rings is 1. The Bertz CT molecular complexity index is 582. The van der Waals surface area contributed by atoms with Crippen LogP contribution in [0.3, 0.4) is 0 Å². The van der Waals surface area contributed by atoms with Crippen molar-refractivity contribution in [1.29, 1.82) is 0 Å². The van der Waals surface area contributed by atoms with Gasteiger partial charge in [0.05, 0.1) is 20.7 Å². The molecule has 0 radical (unpaired) electrons. The predicted octanol–water partition coefficient (Wildman–Crippen LogP) is 3.62. The van der Waals surface area contributed by atoms with Crippen LogP contribution in [0, 0.1) is 0 Å². The van der Waals surface area contributed by atoms with Crippen molar-refractivity contribution in [2.75, 3.05) is 5.43 Å². The van der Waals surface area contributed by atoms with Gasteiger partial charge >= 0.3 is 0 Å². The summed E-state index contributed by atoms with van der Waals surface area (Å²) in [6.45, 7) is 0. The predicted molar refractivity (Wildman–Crippen MR) is 74.1 cm³/mol. The molecule has 2 aromatic rings. The topological polar surface area (TPSA) is 73.1 Å². The number of rotatable bonds is 3. The van der Waals surface area contributed by atoms with E-state index in [-0.39, 0.29) is 5.95 Å². The van der Waals surface area contributed by atoms with Crippen LogP contribution in [0.5, 0.6) is 11.6 Å². The van der Waals surface area contributed by atoms with Gasteiger partial charge in [0.2, 0.25) is 11.8 Å². The molecule has 0 atom stereocenters. The zero-order valence-electron chi connectivity index (χ0n) is 8.82. The Morgan fingerprint density at radius 3 is 2.72 bits per heavy atom. The molecule has 0 aliphatic carbocycles. The fourth-order valence-corrected chi connectivity index (χ4v) is 1.70. The lowest BCUT2D eigenvalue weighted by molar-refractivity contribution is 0.459. The highest BCUT2D eigenvalue weighted by molar-refractivity contribution is 9.10. The number of hydrazine groups is 1. The van der Waals surface area contributed by atoms with Crippen LogP contribution in [-0.2, 0) is 0 Å². The molecule has 8 heteroatoms. The summed E-state index contributed by atoms with van der Waals surface area (Å²) in [5.74, 6) is 6.29. The molecule has 0 fully saturated rings. The minimum absolute atomic E-state index is 0.244. The summed E-state index contributed by atoms with van der Waals surface area (Å²) in [4.78, 5) is 7.96. The Morgan fingerprint density at radius 2 is 2.06 bits per heavy atom. The van der Waals surface area contributed by atoms with Crippen molar-refractivity contribution in [3.05, 3.63) is 38.9 Å². The second kappa shape index (κ2) is 5.71. The Kier molecular flexibility index (Phi) is 4.23. The third-order valence-corrected chi connectivity index (χ3v) is 3.23. The maximum Gasteiger partial charge on any atom is 0.240 e. The van der Waals surface area contributed by atoms with E-state index in [9.17, 15) is 0 Å². The number of aromatic nitrogens is 2. The number of nitrogens with one attached hydrogen (secondary N) is 1. The van der Waals surface area contributed by atoms with Gasteiger partial charge in [-0.15, -0.1) is 0 Å². The SMILES string of the molecule is NNc1ncc(Br)c(Oc2ccc(Cl)c(Cl)c2)n1. The molecule has 1 aromatic heterocycles. The summed E-state index contributed by atoms with van der Waals surface area (Å²) >= 11 is 15.0. The van der Waals surface area contributed by atoms with Crippen molar-refractivity contribution >= 4 is 45.1 Å². The van der Waals surface area contributed by atoms with Gasteiger partial charge in [0.1, 0.15) is 5.75 Å². The van der Waals surface area contributed by atoms with Gasteiger partial charge in [0.15, 0.2) is 0 Å². The van der Waals surface area contributed by atoms with E-state index in [1.807, 2.05) is 0 Å². The fourth-order valence-electron chi connectivity index (χ4n) is 1.14. The van der Waals surface area contributed by atoms with Crippen molar-refractivity contribution in [2.24, 2.45) is 5.84 Å². The van der Waals surface area contributed by atoms with E-state index >= 15 is 0 Å². The van der Waals surface area contributed by atoms with Crippen molar-refractivity contribution in [3.8, 4) is 11.6 Å². The Balaban J connectivity index is 2.30. The molecule has 0 bridgehead atoms. The molecule has 18 heavy (non-hydrogen) atoms. The number of nitrogen functional groups attached to an aromatic ring is 1. The van der Waals surface area contributed by atoms with Gasteiger partial charge in [-0.1, -0.05) is 23.2 Å². The summed E-state index contributed by atoms with van der Waals surface area (Å²) < 4.78 is 6.14. The normalized spacial score (nSPS) is 10.2. The van der Waals surface area contributed by atoms with Crippen molar-refractivity contribution in [1.82, 2.24) is 9.97 Å². The molecular weight excluding hydrogens is 343 g/mol. The summed E-state index contributed by atoms with van der Waals surface area (Å²) in [7, 11) is 0. The molecule has 0 aliphatic rings. The summed E-state index contributed by atoms with van der Waals surface area (Å²) in [5, 5.41) is 0.853. The highest BCUT2D eigenvalue weighted by Gasteiger charge is 2.08. The molecule has 3 N–H and O–H groups in total. The lowest BCUT2D eigenvalue weighted by Gasteiger charge is -2.08. The molecule has 0 amide bonds. The monoisotopic (exact) mass is 348 g/mol. The highest BCUT2D eigenvalue weighted by atomic mass is 79.9. The van der Waals surface area contributed by atoms with E-state index in [0.29, 0.717) is 26.1 Å². The molecule has 0 saturated carbocycles. The van der Waals surface area contributed by atoms with Crippen LogP contribution in [0.4, 0.5) is 5.95 Å². The van der Waals surface area contributed by atoms with Gasteiger partial charge in [-0.25, -0.2) is 10.8 Å². The van der Waals surface area contributed by atoms with Crippen LogP contribution in [-0.4, -0.2) is 9.97 Å². The molecule has 1 heterocycles. The Morgan fingerprint density at radius 1 is 1.28 bits per heavy atom. The van der Waals surface area contributed by atoms with Crippen LogP contribution in [0.2, 0.25) is 10.0 Å². The molecule has 0 unspecified atom stereocenters. The van der Waals surface area contributed by atoms with E-state index in [1.165, 1.54) is 6.20 Å². The third-order valence-electron chi connectivity index (χ3n) is 1.95. The second-order valence-corrected chi connectivity index (χ2v) is 4.84. The van der Waals surface area contributed by atoms with E-state index in [0.717, 1.165) is 0 Å². The minimum Gasteiger partial charge on any atom is -0.438 e. The van der Waals surface area contributed by atoms with Gasteiger partial charge in [-0.2, -0.15) is 4.98 Å². The lowest BCUT2D eigenvalue weighted by Crippen LogP contribution is -2.10. The average Bonchev–Trinajstić information content (AvgIpc) is 2.36. The first-order chi connectivity index (χ1) is 8.60. The zero-order chi connectivity index (χ0) is 13.1. The van der Waals surface area contributed by atoms with Gasteiger partial charge in [0.25, 0.3) is 0 Å². The number of nitrogens with two attached hydrogens (primary N) is 1. The minimum atomic E-state index is 0.244. The molecule has 2 rings (SSSR count). The number of halogens is 3. The van der Waals surface area contributed by atoms with E-state index in [2.05, 4.69) is 31.3 Å². The van der Waals surface area contributed by atoms with Gasteiger partial charge in [0, 0.05) is 6.07 Å². The molecule has 0 saturated heterocycles. The molecule has 0 aliphatic heterocycles. The van der Waals surface area contributed by atoms with Crippen molar-refractivity contribution < 1.29 is 4.74 Å². The first-order valence-electron chi connectivity index (χ1n) is 4.72. The number of nitrogens with zero attached hydrogens (tertiary/aromatic N) is 2. The first kappa shape index (κ1) is 13.4. The van der Waals surface area contributed by atoms with Gasteiger partial charge < -0.3 is 4.74 Å². The molecule has 5 nitrogen and oxygen atoms in total. The molecule has 0 spiro atoms. The summed E-state index contributed by atoms with van der Waals surface area (Å²) in [5.41, 5.74) is 2.33. The summed E-state index contributed by atoms with van der Waals surface area (Å²) in [6.07, 6.45) is 1.52. The van der Waals surface area contributed by atoms with Crippen LogP contribution in [0.25, 0.3) is 0 Å². The van der Waals surface area contributed by atoms with E-state index in [1.54, 1.807) is 18.2 Å². The maximum absolute atomic E-state index is 5.89. The van der Waals surface area contributed by atoms with Crippen molar-refractivity contribution in [3.63, 3.8) is 0 Å². The Labute approximate surface area is 121 Å². The van der Waals surface area contributed by atoms with E-state index in [4.69, 9.17) is 33.8 Å². The zero-order valence-corrected chi connectivity index (χ0v) is 11.9. The second-order valence-electron chi connectivity index (χ2n) is 3.17. The van der Waals surface area contributed by atoms with Crippen molar-refractivity contribution in [2.45, 2.75) is 0 Å². The number of hydrogen-bond donors (Lipinski definition) is 2. The lowest BCUT2D eigenvalue weighted by atomic mass is 10.3. The quantitative estimate of drug-likeness (QED) is 0.654. The van der Waals surface area contributed by atoms with Gasteiger partial charge in [-0.3, -0.25) is 5.43 Å². The highest BCUT2D eigenvalue weighted by Crippen LogP contribution is 2.31. The van der Waals surface area contributed by atoms with Crippen LogP contribution >= 0.6 is 39.1 Å². The number of anilines is 1. The number of hydrogen-bond acceptors (Lipinski definition) is 5. The molecule has 1 aromatic carbocycles. The molecular formula is C10H7BrCl2N4O. The Hall–Kier alpha value is -1.08. The largest absolute Gasteiger partial charge is 0.438 e. The van der Waals surface area contributed by atoms with Crippen LogP contribution in [0.15, 0.2) is 28.9 Å². The standard InChI is InChI=1S/C10H7BrCl2N4O/c11-6-4-15-10(17-14)16-9(6)18-5-1-2-7(12)8(13)3-5/h1-4H,14H2,(H,15,16,17). The molecule has 94 valence electrons. The van der Waals surface area contributed by atoms with Gasteiger partial charge in [-0.05, 0) is 28.1 Å². The van der Waals surface area contributed by atoms with Crippen LogP contribution < -0.4 is 16.0 Å². The maximum atomic E-state index is 5.89. The smallest absolute Gasteiger partial charge is 0.240 e. The van der Waals surface area contributed by atoms with Crippen LogP contribution in [0.1, 0.15) is 0 Å². The number of ether oxygens (including phenoxy) is 1.